The Morgan fingerprint density at radius 3 is 2.68 bits per heavy atom. The van der Waals surface area contributed by atoms with Crippen LogP contribution in [-0.4, -0.2) is 11.7 Å². The second-order valence-corrected chi connectivity index (χ2v) is 3.73. The van der Waals surface area contributed by atoms with Crippen LogP contribution in [0.3, 0.4) is 0 Å². The van der Waals surface area contributed by atoms with Gasteiger partial charge in [-0.1, -0.05) is 49.4 Å². The van der Waals surface area contributed by atoms with Gasteiger partial charge in [0, 0.05) is 6.08 Å². The molecule has 0 radical (unpaired) electrons. The van der Waals surface area contributed by atoms with Crippen LogP contribution in [0.4, 0.5) is 0 Å². The summed E-state index contributed by atoms with van der Waals surface area (Å²) in [6.07, 6.45) is 7.80. The fourth-order valence-corrected chi connectivity index (χ4v) is 1.32. The van der Waals surface area contributed by atoms with E-state index in [9.17, 15) is 5.11 Å². The van der Waals surface area contributed by atoms with E-state index in [2.05, 4.69) is 4.98 Å². The van der Waals surface area contributed by atoms with E-state index in [1.807, 2.05) is 43.3 Å². The Kier molecular flexibility index (Phi) is 6.52. The summed E-state index contributed by atoms with van der Waals surface area (Å²) in [5.74, 6) is -0.407. The van der Waals surface area contributed by atoms with Crippen LogP contribution in [0.25, 0.3) is 11.1 Å². The molecule has 0 aliphatic carbocycles. The minimum atomic E-state index is -0.407. The summed E-state index contributed by atoms with van der Waals surface area (Å²) in [4.78, 5) is 3.00. The minimum absolute atomic E-state index is 0.0197. The van der Waals surface area contributed by atoms with Crippen molar-refractivity contribution in [3.8, 4) is 0 Å². The number of hydrogen-bond donors (Lipinski definition) is 1. The van der Waals surface area contributed by atoms with Crippen LogP contribution in [-0.2, 0) is 4.74 Å². The molecule has 0 saturated heterocycles. The molecule has 0 aliphatic heterocycles. The third kappa shape index (κ3) is 5.55. The van der Waals surface area contributed by atoms with Gasteiger partial charge in [0.25, 0.3) is 0 Å². The number of aliphatic hydroxyl groups is 1. The van der Waals surface area contributed by atoms with E-state index in [1.54, 1.807) is 12.2 Å². The highest BCUT2D eigenvalue weighted by molar-refractivity contribution is 5.53. The molecule has 0 bridgehead atoms. The fourth-order valence-electron chi connectivity index (χ4n) is 1.32. The lowest BCUT2D eigenvalue weighted by molar-refractivity contribution is 0.110. The standard InChI is InChI=1S/C15H16N2O2/c1-2-3-7-12-19-15(18)14(17-16)11-10-13-8-5-4-6-9-13/h3-11H,2,12H2,1H3/p+1/b7-3-,11-10+,15-14-. The second-order valence-electron chi connectivity index (χ2n) is 3.73. The van der Waals surface area contributed by atoms with Gasteiger partial charge in [-0.3, -0.25) is 0 Å². The van der Waals surface area contributed by atoms with Crippen molar-refractivity contribution in [3.05, 3.63) is 70.7 Å². The first-order valence-electron chi connectivity index (χ1n) is 6.07. The molecular weight excluding hydrogens is 240 g/mol. The molecule has 1 N–H and O–H groups in total. The maximum Gasteiger partial charge on any atom is 0.464 e. The van der Waals surface area contributed by atoms with Crippen molar-refractivity contribution in [1.29, 1.82) is 5.39 Å². The Bertz CT molecular complexity index is 511. The van der Waals surface area contributed by atoms with E-state index in [0.29, 0.717) is 0 Å². The van der Waals surface area contributed by atoms with Crippen molar-refractivity contribution in [1.82, 2.24) is 0 Å². The number of nitrogens with zero attached hydrogens (tertiary/aromatic N) is 2. The van der Waals surface area contributed by atoms with Crippen molar-refractivity contribution in [3.63, 3.8) is 0 Å². The zero-order valence-electron chi connectivity index (χ0n) is 10.9. The predicted molar refractivity (Wildman–Crippen MR) is 75.6 cm³/mol. The van der Waals surface area contributed by atoms with Crippen molar-refractivity contribution in [2.24, 2.45) is 0 Å². The van der Waals surface area contributed by atoms with Crippen LogP contribution in [0.2, 0.25) is 0 Å². The Balaban J connectivity index is 2.69. The molecule has 0 unspecified atom stereocenters. The average molecular weight is 257 g/mol. The van der Waals surface area contributed by atoms with E-state index >= 15 is 0 Å². The molecule has 19 heavy (non-hydrogen) atoms. The molecule has 1 rings (SSSR count). The number of hydrogen-bond acceptors (Lipinski definition) is 3. The highest BCUT2D eigenvalue weighted by Crippen LogP contribution is 2.10. The van der Waals surface area contributed by atoms with E-state index < -0.39 is 5.95 Å². The number of allylic oxidation sites excluding steroid dienone is 2. The van der Waals surface area contributed by atoms with E-state index in [0.717, 1.165) is 12.0 Å². The van der Waals surface area contributed by atoms with Crippen LogP contribution in [0.5, 0.6) is 0 Å². The molecule has 0 fully saturated rings. The van der Waals surface area contributed by atoms with Gasteiger partial charge in [-0.05, 0) is 18.1 Å². The number of benzene rings is 1. The number of aliphatic hydroxyl groups excluding tert-OH is 1. The molecule has 0 spiro atoms. The van der Waals surface area contributed by atoms with Crippen LogP contribution in [0.15, 0.2) is 60.2 Å². The maximum absolute atomic E-state index is 9.60. The third-order valence-corrected chi connectivity index (χ3v) is 2.28. The first-order valence-corrected chi connectivity index (χ1v) is 6.07. The summed E-state index contributed by atoms with van der Waals surface area (Å²) in [5, 5.41) is 18.4. The van der Waals surface area contributed by atoms with Gasteiger partial charge >= 0.3 is 11.6 Å². The SMILES string of the molecule is CC/C=C\CO/C(O)=C(/C=C/c1ccccc1)[N+]#N. The lowest BCUT2D eigenvalue weighted by Crippen LogP contribution is -1.93. The Morgan fingerprint density at radius 1 is 1.32 bits per heavy atom. The van der Waals surface area contributed by atoms with Crippen molar-refractivity contribution in [2.75, 3.05) is 6.61 Å². The molecule has 1 aromatic carbocycles. The summed E-state index contributed by atoms with van der Waals surface area (Å²) >= 11 is 0. The van der Waals surface area contributed by atoms with Gasteiger partial charge in [0.05, 0.1) is 0 Å². The highest BCUT2D eigenvalue weighted by atomic mass is 16.6. The first-order chi connectivity index (χ1) is 9.27. The number of ether oxygens (including phenoxy) is 1. The van der Waals surface area contributed by atoms with Crippen LogP contribution in [0, 0.1) is 5.39 Å². The average Bonchev–Trinajstić information content (AvgIpc) is 2.45. The topological polar surface area (TPSA) is 57.6 Å². The van der Waals surface area contributed by atoms with Gasteiger partial charge in [0.15, 0.2) is 4.98 Å². The largest absolute Gasteiger partial charge is 0.475 e. The monoisotopic (exact) mass is 257 g/mol. The Morgan fingerprint density at radius 2 is 2.05 bits per heavy atom. The lowest BCUT2D eigenvalue weighted by Gasteiger charge is -1.96. The molecule has 0 aromatic heterocycles. The quantitative estimate of drug-likeness (QED) is 0.358. The van der Waals surface area contributed by atoms with Gasteiger partial charge in [-0.15, -0.1) is 0 Å². The highest BCUT2D eigenvalue weighted by Gasteiger charge is 2.16. The van der Waals surface area contributed by atoms with Gasteiger partial charge in [0.1, 0.15) is 6.61 Å². The zero-order chi connectivity index (χ0) is 13.9. The smallest absolute Gasteiger partial charge is 0.464 e. The predicted octanol–water partition coefficient (Wildman–Crippen LogP) is 4.26. The van der Waals surface area contributed by atoms with Gasteiger partial charge in [0.2, 0.25) is 5.39 Å². The van der Waals surface area contributed by atoms with E-state index in [-0.39, 0.29) is 12.3 Å². The molecule has 0 atom stereocenters. The molecular formula is C15H17N2O2+. The van der Waals surface area contributed by atoms with Gasteiger partial charge in [-0.2, -0.15) is 0 Å². The normalized spacial score (nSPS) is 12.4. The molecule has 0 aliphatic rings. The Hall–Kier alpha value is -2.54. The van der Waals surface area contributed by atoms with Crippen LogP contribution >= 0.6 is 0 Å². The molecule has 1 aromatic rings. The maximum atomic E-state index is 9.60. The molecule has 4 nitrogen and oxygen atoms in total. The molecule has 98 valence electrons. The summed E-state index contributed by atoms with van der Waals surface area (Å²) in [7, 11) is 0. The summed E-state index contributed by atoms with van der Waals surface area (Å²) in [5.41, 5.74) is 0.913. The van der Waals surface area contributed by atoms with Gasteiger partial charge in [-0.25, -0.2) is 0 Å². The summed E-state index contributed by atoms with van der Waals surface area (Å²) < 4.78 is 5.03. The third-order valence-electron chi connectivity index (χ3n) is 2.28. The second kappa shape index (κ2) is 8.54. The fraction of sp³-hybridized carbons (Fsp3) is 0.200. The minimum Gasteiger partial charge on any atom is -0.475 e. The number of diazo groups is 1. The van der Waals surface area contributed by atoms with Crippen molar-refractivity contribution in [2.45, 2.75) is 13.3 Å². The van der Waals surface area contributed by atoms with Crippen molar-refractivity contribution >= 4 is 6.08 Å². The van der Waals surface area contributed by atoms with E-state index in [1.165, 1.54) is 6.08 Å². The van der Waals surface area contributed by atoms with Crippen LogP contribution < -0.4 is 0 Å². The first kappa shape index (κ1) is 14.5. The van der Waals surface area contributed by atoms with Crippen LogP contribution in [0.1, 0.15) is 18.9 Å². The summed E-state index contributed by atoms with van der Waals surface area (Å²) in [6.45, 7) is 2.24. The molecule has 0 heterocycles. The summed E-state index contributed by atoms with van der Waals surface area (Å²) in [6, 6.07) is 9.49. The Labute approximate surface area is 113 Å². The van der Waals surface area contributed by atoms with Crippen molar-refractivity contribution < 1.29 is 9.84 Å². The van der Waals surface area contributed by atoms with E-state index in [4.69, 9.17) is 10.1 Å². The zero-order valence-corrected chi connectivity index (χ0v) is 10.9. The van der Waals surface area contributed by atoms with Gasteiger partial charge < -0.3 is 9.84 Å². The lowest BCUT2D eigenvalue weighted by atomic mass is 10.2. The molecule has 0 saturated carbocycles. The molecule has 0 amide bonds. The number of rotatable bonds is 6. The molecule has 4 heteroatoms.